The van der Waals surface area contributed by atoms with Crippen molar-refractivity contribution in [3.05, 3.63) is 36.0 Å². The lowest BCUT2D eigenvalue weighted by Crippen LogP contribution is -2.59. The number of carbonyl (C=O) groups excluding carboxylic acids is 4. The van der Waals surface area contributed by atoms with Gasteiger partial charge in [-0.15, -0.1) is 0 Å². The highest BCUT2D eigenvalue weighted by atomic mass is 16.6. The number of piperidine rings is 1. The summed E-state index contributed by atoms with van der Waals surface area (Å²) in [6.07, 6.45) is 17.6. The molecule has 3 aliphatic rings. The third-order valence-electron chi connectivity index (χ3n) is 9.50. The summed E-state index contributed by atoms with van der Waals surface area (Å²) in [7, 11) is 0. The van der Waals surface area contributed by atoms with Gasteiger partial charge in [-0.2, -0.15) is 0 Å². The molecule has 0 aromatic rings. The van der Waals surface area contributed by atoms with Crippen molar-refractivity contribution in [2.45, 2.75) is 123 Å². The van der Waals surface area contributed by atoms with Crippen LogP contribution in [-0.2, 0) is 28.7 Å². The highest BCUT2D eigenvalue weighted by Gasteiger charge is 2.50. The maximum Gasteiger partial charge on any atom is 0.329 e. The minimum absolute atomic E-state index is 0.0354. The standard InChI is InChI=1S/C35H53NO7/c1-6-24(2)13-8-7-9-14-25(3)23-26(4)31(37)28-17-19-29(20-18-28)43-34(40)30-16-10-11-21-36(30)33(39)32(38)35(41)27(5)15-12-22-42-35/h7-9,13-14,25-30,41H,6,10-12,15-23H2,1-5H3/b8-7+,14-9+,24-13+/t25-,26?,27?,28?,29?,30?,35?/m1/s1. The Balaban J connectivity index is 1.48. The highest BCUT2D eigenvalue weighted by molar-refractivity contribution is 6.39. The van der Waals surface area contributed by atoms with Gasteiger partial charge in [-0.25, -0.2) is 4.79 Å². The van der Waals surface area contributed by atoms with Crippen LogP contribution in [0.4, 0.5) is 0 Å². The monoisotopic (exact) mass is 599 g/mol. The van der Waals surface area contributed by atoms with Crippen LogP contribution in [0.2, 0.25) is 0 Å². The molecule has 0 aromatic heterocycles. The Morgan fingerprint density at radius 3 is 2.40 bits per heavy atom. The van der Waals surface area contributed by atoms with Crippen molar-refractivity contribution in [1.82, 2.24) is 4.90 Å². The van der Waals surface area contributed by atoms with E-state index in [9.17, 15) is 24.3 Å². The zero-order chi connectivity index (χ0) is 31.6. The molecule has 1 saturated carbocycles. The van der Waals surface area contributed by atoms with Crippen LogP contribution in [0.1, 0.15) is 105 Å². The minimum atomic E-state index is -2.15. The van der Waals surface area contributed by atoms with Gasteiger partial charge in [-0.1, -0.05) is 63.6 Å². The van der Waals surface area contributed by atoms with E-state index in [1.165, 1.54) is 10.5 Å². The van der Waals surface area contributed by atoms with Crippen molar-refractivity contribution >= 4 is 23.4 Å². The van der Waals surface area contributed by atoms with Crippen LogP contribution in [0, 0.1) is 23.7 Å². The first-order valence-electron chi connectivity index (χ1n) is 16.4. The lowest BCUT2D eigenvalue weighted by Gasteiger charge is -2.39. The molecule has 5 atom stereocenters. The molecule has 3 fully saturated rings. The summed E-state index contributed by atoms with van der Waals surface area (Å²) in [6.45, 7) is 10.5. The fourth-order valence-electron chi connectivity index (χ4n) is 6.47. The van der Waals surface area contributed by atoms with Gasteiger partial charge in [0, 0.05) is 24.3 Å². The van der Waals surface area contributed by atoms with Gasteiger partial charge in [0.1, 0.15) is 17.9 Å². The molecular weight excluding hydrogens is 546 g/mol. The van der Waals surface area contributed by atoms with Crippen LogP contribution >= 0.6 is 0 Å². The molecule has 2 heterocycles. The van der Waals surface area contributed by atoms with E-state index in [0.29, 0.717) is 57.3 Å². The first-order valence-corrected chi connectivity index (χ1v) is 16.4. The van der Waals surface area contributed by atoms with Crippen LogP contribution in [-0.4, -0.2) is 64.5 Å². The maximum absolute atomic E-state index is 13.2. The van der Waals surface area contributed by atoms with Crippen molar-refractivity contribution < 1.29 is 33.8 Å². The molecule has 8 nitrogen and oxygen atoms in total. The predicted octanol–water partition coefficient (Wildman–Crippen LogP) is 5.87. The Morgan fingerprint density at radius 2 is 1.72 bits per heavy atom. The Labute approximate surface area is 257 Å². The molecular formula is C35H53NO7. The fourth-order valence-corrected chi connectivity index (χ4v) is 6.47. The van der Waals surface area contributed by atoms with Crippen LogP contribution in [0.15, 0.2) is 36.0 Å². The molecule has 8 heteroatoms. The van der Waals surface area contributed by atoms with Crippen molar-refractivity contribution in [3.8, 4) is 0 Å². The number of ether oxygens (including phenoxy) is 2. The largest absolute Gasteiger partial charge is 0.461 e. The minimum Gasteiger partial charge on any atom is -0.461 e. The van der Waals surface area contributed by atoms with Gasteiger partial charge in [0.2, 0.25) is 5.79 Å². The Kier molecular flexibility index (Phi) is 13.4. The van der Waals surface area contributed by atoms with Crippen molar-refractivity contribution in [2.75, 3.05) is 13.2 Å². The number of carbonyl (C=O) groups is 4. The average Bonchev–Trinajstić information content (AvgIpc) is 3.01. The van der Waals surface area contributed by atoms with Crippen LogP contribution in [0.5, 0.6) is 0 Å². The summed E-state index contributed by atoms with van der Waals surface area (Å²) in [5.74, 6) is -4.57. The molecule has 0 aromatic carbocycles. The number of aliphatic hydroxyl groups is 1. The lowest BCUT2D eigenvalue weighted by molar-refractivity contribution is -0.241. The van der Waals surface area contributed by atoms with Crippen molar-refractivity contribution in [2.24, 2.45) is 23.7 Å². The van der Waals surface area contributed by atoms with Crippen molar-refractivity contribution in [3.63, 3.8) is 0 Å². The van der Waals surface area contributed by atoms with Gasteiger partial charge in [0.05, 0.1) is 6.61 Å². The van der Waals surface area contributed by atoms with E-state index in [2.05, 4.69) is 32.9 Å². The number of allylic oxidation sites excluding steroid dienone is 6. The second-order valence-corrected chi connectivity index (χ2v) is 13.0. The van der Waals surface area contributed by atoms with E-state index in [0.717, 1.165) is 19.3 Å². The number of hydrogen-bond acceptors (Lipinski definition) is 7. The Morgan fingerprint density at radius 1 is 1.00 bits per heavy atom. The quantitative estimate of drug-likeness (QED) is 0.170. The molecule has 4 unspecified atom stereocenters. The van der Waals surface area contributed by atoms with Gasteiger partial charge in [-0.05, 0) is 83.5 Å². The van der Waals surface area contributed by atoms with E-state index in [1.807, 2.05) is 25.2 Å². The number of amides is 1. The summed E-state index contributed by atoms with van der Waals surface area (Å²) in [5, 5.41) is 10.9. The molecule has 0 radical (unpaired) electrons. The maximum atomic E-state index is 13.2. The smallest absolute Gasteiger partial charge is 0.329 e. The molecule has 1 amide bonds. The summed E-state index contributed by atoms with van der Waals surface area (Å²) < 4.78 is 11.2. The Hall–Kier alpha value is -2.58. The second kappa shape index (κ2) is 16.5. The normalized spacial score (nSPS) is 30.3. The van der Waals surface area contributed by atoms with Gasteiger partial charge in [0.25, 0.3) is 11.7 Å². The number of rotatable bonds is 12. The van der Waals surface area contributed by atoms with E-state index >= 15 is 0 Å². The summed E-state index contributed by atoms with van der Waals surface area (Å²) in [4.78, 5) is 54.0. The van der Waals surface area contributed by atoms with E-state index in [-0.39, 0.29) is 36.9 Å². The van der Waals surface area contributed by atoms with Gasteiger partial charge < -0.3 is 19.5 Å². The SMILES string of the molecule is CC/C(C)=C/C=C/C=C/[C@@H](C)CC(C)C(=O)C1CCC(OC(=O)C2CCCCN2C(=O)C(=O)C2(O)OCCCC2C)CC1. The molecule has 0 bridgehead atoms. The number of esters is 1. The molecule has 1 aliphatic carbocycles. The zero-order valence-corrected chi connectivity index (χ0v) is 26.9. The number of Topliss-reactive ketones (excluding diaryl/α,β-unsaturated/α-hetero) is 2. The molecule has 43 heavy (non-hydrogen) atoms. The number of ketones is 2. The summed E-state index contributed by atoms with van der Waals surface area (Å²) >= 11 is 0. The van der Waals surface area contributed by atoms with E-state index in [4.69, 9.17) is 9.47 Å². The molecule has 240 valence electrons. The van der Waals surface area contributed by atoms with Gasteiger partial charge in [0.15, 0.2) is 0 Å². The van der Waals surface area contributed by atoms with Gasteiger partial charge in [-0.3, -0.25) is 14.4 Å². The third-order valence-corrected chi connectivity index (χ3v) is 9.50. The molecule has 2 aliphatic heterocycles. The second-order valence-electron chi connectivity index (χ2n) is 13.0. The topological polar surface area (TPSA) is 110 Å². The van der Waals surface area contributed by atoms with Crippen LogP contribution in [0.3, 0.4) is 0 Å². The van der Waals surface area contributed by atoms with E-state index < -0.39 is 35.4 Å². The Bertz CT molecular complexity index is 1070. The van der Waals surface area contributed by atoms with Crippen molar-refractivity contribution in [1.29, 1.82) is 0 Å². The fraction of sp³-hybridized carbons (Fsp3) is 0.714. The first kappa shape index (κ1) is 34.9. The van der Waals surface area contributed by atoms with Crippen LogP contribution < -0.4 is 0 Å². The molecule has 1 N–H and O–H groups in total. The molecule has 2 saturated heterocycles. The molecule has 3 rings (SSSR count). The highest BCUT2D eigenvalue weighted by Crippen LogP contribution is 2.33. The third kappa shape index (κ3) is 9.45. The summed E-state index contributed by atoms with van der Waals surface area (Å²) in [6, 6.07) is -0.858. The average molecular weight is 600 g/mol. The number of nitrogens with zero attached hydrogens (tertiary/aromatic N) is 1. The molecule has 0 spiro atoms. The van der Waals surface area contributed by atoms with Crippen LogP contribution in [0.25, 0.3) is 0 Å². The summed E-state index contributed by atoms with van der Waals surface area (Å²) in [5.41, 5.74) is 1.33. The van der Waals surface area contributed by atoms with Gasteiger partial charge >= 0.3 is 5.97 Å². The zero-order valence-electron chi connectivity index (χ0n) is 26.9. The predicted molar refractivity (Wildman–Crippen MR) is 166 cm³/mol. The van der Waals surface area contributed by atoms with E-state index in [1.54, 1.807) is 6.92 Å². The first-order chi connectivity index (χ1) is 20.5. The lowest BCUT2D eigenvalue weighted by atomic mass is 9.79. The number of hydrogen-bond donors (Lipinski definition) is 1. The number of likely N-dealkylation sites (tertiary alicyclic amines) is 1.